The molecule has 2 aromatic rings. The van der Waals surface area contributed by atoms with Gasteiger partial charge in [-0.3, -0.25) is 9.59 Å². The number of alkyl carbamates (subject to hydrolysis) is 1. The largest absolute Gasteiger partial charge is 0.481 e. The Hall–Kier alpha value is -3.35. The molecular weight excluding hydrogens is 444 g/mol. The lowest BCUT2D eigenvalue weighted by Gasteiger charge is -2.21. The van der Waals surface area contributed by atoms with Crippen LogP contribution in [-0.4, -0.2) is 42.3 Å². The summed E-state index contributed by atoms with van der Waals surface area (Å²) in [6, 6.07) is 16.3. The normalized spacial score (nSPS) is 24.8. The smallest absolute Gasteiger partial charge is 0.407 e. The molecule has 2 fully saturated rings. The van der Waals surface area contributed by atoms with Gasteiger partial charge in [0.15, 0.2) is 0 Å². The van der Waals surface area contributed by atoms with Gasteiger partial charge in [0.05, 0.1) is 11.3 Å². The van der Waals surface area contributed by atoms with Crippen molar-refractivity contribution in [2.24, 2.45) is 23.2 Å². The lowest BCUT2D eigenvalue weighted by Crippen LogP contribution is -2.41. The Morgan fingerprint density at radius 2 is 1.66 bits per heavy atom. The van der Waals surface area contributed by atoms with Crippen LogP contribution in [0, 0.1) is 23.2 Å². The highest BCUT2D eigenvalue weighted by Crippen LogP contribution is 2.63. The van der Waals surface area contributed by atoms with E-state index in [0.29, 0.717) is 6.42 Å². The number of fused-ring (bicyclic) bond motifs is 4. The number of rotatable bonds is 8. The quantitative estimate of drug-likeness (QED) is 0.531. The van der Waals surface area contributed by atoms with Crippen molar-refractivity contribution in [3.63, 3.8) is 0 Å². The van der Waals surface area contributed by atoms with Crippen LogP contribution < -0.4 is 10.6 Å². The zero-order valence-electron chi connectivity index (χ0n) is 20.1. The lowest BCUT2D eigenvalue weighted by atomic mass is 9.95. The van der Waals surface area contributed by atoms with Crippen LogP contribution in [0.15, 0.2) is 48.5 Å². The molecule has 3 N–H and O–H groups in total. The second-order valence-corrected chi connectivity index (χ2v) is 10.6. The van der Waals surface area contributed by atoms with Crippen molar-refractivity contribution >= 4 is 18.0 Å². The molecular formula is C28H32N2O5. The summed E-state index contributed by atoms with van der Waals surface area (Å²) in [6.45, 7) is 4.07. The first-order valence-electron chi connectivity index (χ1n) is 12.4. The molecule has 7 heteroatoms. The van der Waals surface area contributed by atoms with Gasteiger partial charge in [-0.15, -0.1) is 0 Å². The summed E-state index contributed by atoms with van der Waals surface area (Å²) in [7, 11) is 0. The van der Waals surface area contributed by atoms with E-state index in [2.05, 4.69) is 34.9 Å². The number of hydrogen-bond donors (Lipinski definition) is 3. The molecule has 2 saturated carbocycles. The highest BCUT2D eigenvalue weighted by molar-refractivity contribution is 5.87. The number of carbonyl (C=O) groups is 3. The molecule has 3 aliphatic carbocycles. The predicted octanol–water partition coefficient (Wildman–Crippen LogP) is 4.17. The summed E-state index contributed by atoms with van der Waals surface area (Å²) in [6.07, 6.45) is 1.64. The molecule has 0 spiro atoms. The van der Waals surface area contributed by atoms with Crippen molar-refractivity contribution in [3.05, 3.63) is 59.7 Å². The van der Waals surface area contributed by atoms with Crippen molar-refractivity contribution in [3.8, 4) is 11.1 Å². The fourth-order valence-corrected chi connectivity index (χ4v) is 6.08. The van der Waals surface area contributed by atoms with E-state index in [4.69, 9.17) is 4.74 Å². The Bertz CT molecular complexity index is 1120. The van der Waals surface area contributed by atoms with E-state index in [9.17, 15) is 19.5 Å². The average molecular weight is 477 g/mol. The molecule has 2 amide bonds. The van der Waals surface area contributed by atoms with Gasteiger partial charge < -0.3 is 20.5 Å². The van der Waals surface area contributed by atoms with Gasteiger partial charge in [-0.1, -0.05) is 62.4 Å². The zero-order chi connectivity index (χ0) is 24.7. The van der Waals surface area contributed by atoms with Gasteiger partial charge in [0.25, 0.3) is 0 Å². The molecule has 0 aliphatic heterocycles. The third kappa shape index (κ3) is 4.28. The van der Waals surface area contributed by atoms with Crippen LogP contribution in [0.3, 0.4) is 0 Å². The summed E-state index contributed by atoms with van der Waals surface area (Å²) in [5.41, 5.74) is 4.22. The number of aliphatic carboxylic acids is 1. The molecule has 4 atom stereocenters. The van der Waals surface area contributed by atoms with E-state index in [1.807, 2.05) is 38.1 Å². The van der Waals surface area contributed by atoms with E-state index in [1.54, 1.807) is 0 Å². The molecule has 0 heterocycles. The van der Waals surface area contributed by atoms with Gasteiger partial charge in [-0.25, -0.2) is 4.79 Å². The van der Waals surface area contributed by atoms with Gasteiger partial charge >= 0.3 is 12.1 Å². The molecule has 2 aromatic carbocycles. The summed E-state index contributed by atoms with van der Waals surface area (Å²) < 4.78 is 5.66. The predicted molar refractivity (Wildman–Crippen MR) is 131 cm³/mol. The number of benzene rings is 2. The Morgan fingerprint density at radius 1 is 1.03 bits per heavy atom. The first-order valence-corrected chi connectivity index (χ1v) is 12.4. The van der Waals surface area contributed by atoms with Crippen molar-refractivity contribution in [2.45, 2.75) is 45.1 Å². The maximum atomic E-state index is 12.9. The van der Waals surface area contributed by atoms with E-state index in [1.165, 1.54) is 22.3 Å². The van der Waals surface area contributed by atoms with Crippen LogP contribution in [0.1, 0.15) is 50.2 Å². The SMILES string of the molecule is CC(C)C(CNC(=O)[C@]12C[C@H](NC(=O)OCC3c4ccccc4-c4ccccc43)C[C@H]1C2)C(=O)O. The third-order valence-corrected chi connectivity index (χ3v) is 8.13. The molecule has 0 radical (unpaired) electrons. The molecule has 5 rings (SSSR count). The summed E-state index contributed by atoms with van der Waals surface area (Å²) >= 11 is 0. The lowest BCUT2D eigenvalue weighted by molar-refractivity contribution is -0.143. The minimum Gasteiger partial charge on any atom is -0.481 e. The molecule has 1 unspecified atom stereocenters. The Labute approximate surface area is 205 Å². The van der Waals surface area contributed by atoms with E-state index >= 15 is 0 Å². The third-order valence-electron chi connectivity index (χ3n) is 8.13. The van der Waals surface area contributed by atoms with Crippen LogP contribution in [0.4, 0.5) is 4.79 Å². The Kier molecular flexibility index (Phi) is 6.03. The number of hydrogen-bond acceptors (Lipinski definition) is 4. The van der Waals surface area contributed by atoms with Crippen molar-refractivity contribution in [2.75, 3.05) is 13.2 Å². The Balaban J connectivity index is 1.14. The van der Waals surface area contributed by atoms with Gasteiger partial charge in [0.2, 0.25) is 5.91 Å². The van der Waals surface area contributed by atoms with Gasteiger partial charge in [-0.2, -0.15) is 0 Å². The average Bonchev–Trinajstić information content (AvgIpc) is 3.25. The first-order chi connectivity index (χ1) is 16.8. The number of carboxylic acid groups (broad SMARTS) is 1. The maximum absolute atomic E-state index is 12.9. The van der Waals surface area contributed by atoms with Crippen molar-refractivity contribution < 1.29 is 24.2 Å². The molecule has 7 nitrogen and oxygen atoms in total. The number of amides is 2. The molecule has 0 saturated heterocycles. The standard InChI is InChI=1S/C28H32N2O5/c1-16(2)23(25(31)32)14-29-26(33)28-12-17(28)11-18(13-28)30-27(34)35-15-24-21-9-5-3-7-19(21)20-8-4-6-10-22(20)24/h3-10,16-18,23-24H,11-15H2,1-2H3,(H,29,33)(H,30,34)(H,31,32)/t17-,18+,23?,28+/m0/s1. The van der Waals surface area contributed by atoms with Crippen LogP contribution >= 0.6 is 0 Å². The van der Waals surface area contributed by atoms with E-state index in [-0.39, 0.29) is 42.9 Å². The summed E-state index contributed by atoms with van der Waals surface area (Å²) in [5, 5.41) is 15.2. The van der Waals surface area contributed by atoms with Crippen LogP contribution in [-0.2, 0) is 14.3 Å². The van der Waals surface area contributed by atoms with Crippen LogP contribution in [0.2, 0.25) is 0 Å². The van der Waals surface area contributed by atoms with Crippen LogP contribution in [0.5, 0.6) is 0 Å². The fourth-order valence-electron chi connectivity index (χ4n) is 6.08. The zero-order valence-corrected chi connectivity index (χ0v) is 20.1. The number of ether oxygens (including phenoxy) is 1. The van der Waals surface area contributed by atoms with Crippen molar-refractivity contribution in [1.82, 2.24) is 10.6 Å². The Morgan fingerprint density at radius 3 is 2.26 bits per heavy atom. The molecule has 0 bridgehead atoms. The summed E-state index contributed by atoms with van der Waals surface area (Å²) in [4.78, 5) is 36.9. The topological polar surface area (TPSA) is 105 Å². The molecule has 3 aliphatic rings. The van der Waals surface area contributed by atoms with Crippen molar-refractivity contribution in [1.29, 1.82) is 0 Å². The highest BCUT2D eigenvalue weighted by Gasteiger charge is 2.65. The fraction of sp³-hybridized carbons (Fsp3) is 0.464. The molecule has 0 aromatic heterocycles. The highest BCUT2D eigenvalue weighted by atomic mass is 16.5. The van der Waals surface area contributed by atoms with E-state index < -0.39 is 23.4 Å². The van der Waals surface area contributed by atoms with Gasteiger partial charge in [0, 0.05) is 18.5 Å². The number of carboxylic acids is 1. The first kappa shape index (κ1) is 23.4. The van der Waals surface area contributed by atoms with Crippen LogP contribution in [0.25, 0.3) is 11.1 Å². The van der Waals surface area contributed by atoms with Gasteiger partial charge in [0.1, 0.15) is 6.61 Å². The maximum Gasteiger partial charge on any atom is 0.407 e. The summed E-state index contributed by atoms with van der Waals surface area (Å²) in [5.74, 6) is -1.43. The minimum absolute atomic E-state index is 0.00499. The molecule has 35 heavy (non-hydrogen) atoms. The monoisotopic (exact) mass is 476 g/mol. The molecule has 184 valence electrons. The number of nitrogens with one attached hydrogen (secondary N) is 2. The second-order valence-electron chi connectivity index (χ2n) is 10.6. The van der Waals surface area contributed by atoms with Gasteiger partial charge in [-0.05, 0) is 53.4 Å². The van der Waals surface area contributed by atoms with E-state index in [0.717, 1.165) is 12.8 Å². The second kappa shape index (κ2) is 9.02. The number of carbonyl (C=O) groups excluding carboxylic acids is 2. The minimum atomic E-state index is -0.897.